The van der Waals surface area contributed by atoms with Crippen LogP contribution in [0, 0.1) is 0 Å². The Morgan fingerprint density at radius 1 is 0.449 bits per heavy atom. The van der Waals surface area contributed by atoms with E-state index in [2.05, 4.69) is 25.8 Å². The third kappa shape index (κ3) is 15.8. The number of phenolic OH excluding ortho intramolecular Hbond substituents is 2. The molecule has 7 nitrogen and oxygen atoms in total. The maximum atomic E-state index is 10.7. The maximum Gasteiger partial charge on any atom is 0.128 e. The van der Waals surface area contributed by atoms with E-state index in [1.807, 2.05) is 30.3 Å². The molecule has 268 valence electrons. The van der Waals surface area contributed by atoms with Crippen molar-refractivity contribution < 1.29 is 24.4 Å². The van der Waals surface area contributed by atoms with E-state index in [0.29, 0.717) is 59.6 Å². The number of benzene rings is 3. The molecule has 3 rings (SSSR count). The number of rotatable bonds is 26. The number of aromatic hydroxyl groups is 2. The zero-order valence-electron chi connectivity index (χ0n) is 30.3. The van der Waals surface area contributed by atoms with Crippen LogP contribution in [0.15, 0.2) is 64.6 Å². The van der Waals surface area contributed by atoms with Crippen molar-refractivity contribution in [1.82, 2.24) is 0 Å². The Morgan fingerprint density at radius 2 is 0.816 bits per heavy atom. The highest BCUT2D eigenvalue weighted by Crippen LogP contribution is 2.34. The standard InChI is InChI=1S/C42H60N2O5/c1-4-7-10-13-14-15-16-19-28-47-36-24-25-39(43-32-34-20-22-37(30-41(34)45)48-26-17-11-8-5-2)40(29-36)44-33-35-21-23-38(31-42(35)46)49-27-18-12-9-6-3/h20-25,29-33,45-46H,4-19,26-28H2,1-3H3. The molecule has 0 radical (unpaired) electrons. The van der Waals surface area contributed by atoms with Gasteiger partial charge in [-0.05, 0) is 55.7 Å². The molecule has 0 spiro atoms. The molecule has 0 aromatic heterocycles. The van der Waals surface area contributed by atoms with E-state index in [0.717, 1.165) is 38.5 Å². The molecule has 0 fully saturated rings. The third-order valence-corrected chi connectivity index (χ3v) is 8.44. The number of ether oxygens (including phenoxy) is 3. The summed E-state index contributed by atoms with van der Waals surface area (Å²) in [5, 5.41) is 21.4. The lowest BCUT2D eigenvalue weighted by Crippen LogP contribution is -1.98. The van der Waals surface area contributed by atoms with Crippen molar-refractivity contribution >= 4 is 23.8 Å². The number of unbranched alkanes of at least 4 members (excludes halogenated alkanes) is 13. The first-order valence-corrected chi connectivity index (χ1v) is 18.8. The van der Waals surface area contributed by atoms with Crippen LogP contribution in [0.1, 0.15) is 135 Å². The highest BCUT2D eigenvalue weighted by atomic mass is 16.5. The Bertz CT molecular complexity index is 1400. The van der Waals surface area contributed by atoms with Crippen LogP contribution >= 0.6 is 0 Å². The molecular formula is C42H60N2O5. The smallest absolute Gasteiger partial charge is 0.128 e. The van der Waals surface area contributed by atoms with Crippen LogP contribution in [-0.2, 0) is 0 Å². The fraction of sp³-hybridized carbons (Fsp3) is 0.524. The van der Waals surface area contributed by atoms with Crippen molar-refractivity contribution in [1.29, 1.82) is 0 Å². The minimum Gasteiger partial charge on any atom is -0.507 e. The molecule has 0 aliphatic rings. The van der Waals surface area contributed by atoms with Gasteiger partial charge in [0.05, 0.1) is 31.2 Å². The van der Waals surface area contributed by atoms with Crippen molar-refractivity contribution in [2.75, 3.05) is 19.8 Å². The Labute approximate surface area is 295 Å². The molecule has 0 unspecified atom stereocenters. The van der Waals surface area contributed by atoms with Crippen LogP contribution in [0.5, 0.6) is 28.7 Å². The van der Waals surface area contributed by atoms with Gasteiger partial charge in [0.1, 0.15) is 28.7 Å². The lowest BCUT2D eigenvalue weighted by atomic mass is 10.1. The van der Waals surface area contributed by atoms with E-state index in [9.17, 15) is 10.2 Å². The van der Waals surface area contributed by atoms with Gasteiger partial charge in [0, 0.05) is 41.8 Å². The predicted octanol–water partition coefficient (Wildman–Crippen LogP) is 12.0. The molecule has 3 aromatic carbocycles. The molecule has 0 aliphatic carbocycles. The number of hydrogen-bond donors (Lipinski definition) is 2. The minimum absolute atomic E-state index is 0.0968. The summed E-state index contributed by atoms with van der Waals surface area (Å²) in [5.41, 5.74) is 2.34. The van der Waals surface area contributed by atoms with Crippen LogP contribution in [0.25, 0.3) is 0 Å². The minimum atomic E-state index is 0.0968. The quantitative estimate of drug-likeness (QED) is 0.0654. The van der Waals surface area contributed by atoms with Gasteiger partial charge in [-0.25, -0.2) is 0 Å². The molecule has 7 heteroatoms. The van der Waals surface area contributed by atoms with Crippen molar-refractivity contribution in [3.8, 4) is 28.7 Å². The van der Waals surface area contributed by atoms with E-state index in [1.165, 1.54) is 64.2 Å². The Balaban J connectivity index is 1.69. The third-order valence-electron chi connectivity index (χ3n) is 8.44. The highest BCUT2D eigenvalue weighted by molar-refractivity contribution is 5.90. The summed E-state index contributed by atoms with van der Waals surface area (Å²) >= 11 is 0. The lowest BCUT2D eigenvalue weighted by Gasteiger charge is -2.10. The topological polar surface area (TPSA) is 92.9 Å². The fourth-order valence-corrected chi connectivity index (χ4v) is 5.39. The molecule has 0 amide bonds. The Kier molecular flexibility index (Phi) is 19.5. The zero-order valence-corrected chi connectivity index (χ0v) is 30.3. The van der Waals surface area contributed by atoms with Gasteiger partial charge in [-0.15, -0.1) is 0 Å². The molecule has 0 aliphatic heterocycles. The zero-order chi connectivity index (χ0) is 34.9. The SMILES string of the molecule is CCCCCCCCCCOc1ccc(N=Cc2ccc(OCCCCCC)cc2O)c(N=Cc2ccc(OCCCCCC)cc2O)c1. The van der Waals surface area contributed by atoms with Gasteiger partial charge in [0.2, 0.25) is 0 Å². The van der Waals surface area contributed by atoms with Crippen LogP contribution in [0.2, 0.25) is 0 Å². The van der Waals surface area contributed by atoms with Crippen LogP contribution in [0.3, 0.4) is 0 Å². The van der Waals surface area contributed by atoms with Crippen molar-refractivity contribution in [2.45, 2.75) is 124 Å². The van der Waals surface area contributed by atoms with Crippen LogP contribution in [-0.4, -0.2) is 42.5 Å². The van der Waals surface area contributed by atoms with Gasteiger partial charge in [0.25, 0.3) is 0 Å². The van der Waals surface area contributed by atoms with Crippen molar-refractivity contribution in [3.63, 3.8) is 0 Å². The molecule has 0 saturated heterocycles. The van der Waals surface area contributed by atoms with Crippen LogP contribution < -0.4 is 14.2 Å². The summed E-state index contributed by atoms with van der Waals surface area (Å²) in [6.07, 6.45) is 22.2. The largest absolute Gasteiger partial charge is 0.507 e. The maximum absolute atomic E-state index is 10.7. The first kappa shape index (κ1) is 39.4. The summed E-state index contributed by atoms with van der Waals surface area (Å²) in [7, 11) is 0. The van der Waals surface area contributed by atoms with E-state index in [-0.39, 0.29) is 11.5 Å². The Morgan fingerprint density at radius 3 is 1.27 bits per heavy atom. The summed E-state index contributed by atoms with van der Waals surface area (Å²) in [6.45, 7) is 8.52. The highest BCUT2D eigenvalue weighted by Gasteiger charge is 2.08. The van der Waals surface area contributed by atoms with E-state index < -0.39 is 0 Å². The Hall–Kier alpha value is -4.00. The normalized spacial score (nSPS) is 11.5. The summed E-state index contributed by atoms with van der Waals surface area (Å²) < 4.78 is 17.7. The molecule has 0 atom stereocenters. The van der Waals surface area contributed by atoms with Gasteiger partial charge in [0.15, 0.2) is 0 Å². The van der Waals surface area contributed by atoms with E-state index in [4.69, 9.17) is 19.2 Å². The summed E-state index contributed by atoms with van der Waals surface area (Å²) in [4.78, 5) is 9.40. The number of aliphatic imine (C=N–C) groups is 2. The fourth-order valence-electron chi connectivity index (χ4n) is 5.39. The van der Waals surface area contributed by atoms with Crippen molar-refractivity contribution in [2.24, 2.45) is 9.98 Å². The number of phenols is 2. The second kappa shape index (κ2) is 24.2. The van der Waals surface area contributed by atoms with E-state index in [1.54, 1.807) is 36.7 Å². The molecule has 0 saturated carbocycles. The predicted molar refractivity (Wildman–Crippen MR) is 205 cm³/mol. The van der Waals surface area contributed by atoms with Gasteiger partial charge in [-0.1, -0.05) is 104 Å². The summed E-state index contributed by atoms with van der Waals surface area (Å²) in [5.74, 6) is 2.19. The van der Waals surface area contributed by atoms with Gasteiger partial charge in [-0.3, -0.25) is 9.98 Å². The molecular weight excluding hydrogens is 612 g/mol. The molecule has 2 N–H and O–H groups in total. The second-order valence-corrected chi connectivity index (χ2v) is 12.7. The second-order valence-electron chi connectivity index (χ2n) is 12.7. The van der Waals surface area contributed by atoms with Gasteiger partial charge in [-0.2, -0.15) is 0 Å². The molecule has 0 heterocycles. The van der Waals surface area contributed by atoms with Gasteiger partial charge < -0.3 is 24.4 Å². The van der Waals surface area contributed by atoms with E-state index >= 15 is 0 Å². The average Bonchev–Trinajstić information content (AvgIpc) is 3.10. The number of nitrogens with zero attached hydrogens (tertiary/aromatic N) is 2. The number of hydrogen-bond acceptors (Lipinski definition) is 7. The van der Waals surface area contributed by atoms with Crippen LogP contribution in [0.4, 0.5) is 11.4 Å². The summed E-state index contributed by atoms with van der Waals surface area (Å²) in [6, 6.07) is 16.2. The van der Waals surface area contributed by atoms with Crippen molar-refractivity contribution in [3.05, 3.63) is 65.7 Å². The first-order valence-electron chi connectivity index (χ1n) is 18.8. The molecule has 0 bridgehead atoms. The first-order chi connectivity index (χ1) is 24.0. The van der Waals surface area contributed by atoms with Gasteiger partial charge >= 0.3 is 0 Å². The average molecular weight is 673 g/mol. The monoisotopic (exact) mass is 672 g/mol. The molecule has 3 aromatic rings. The molecule has 49 heavy (non-hydrogen) atoms. The lowest BCUT2D eigenvalue weighted by molar-refractivity contribution is 0.303.